The Kier molecular flexibility index (Phi) is 10.2. The Hall–Kier alpha value is -3.07. The topological polar surface area (TPSA) is 136 Å². The second kappa shape index (κ2) is 13.1. The van der Waals surface area contributed by atoms with E-state index in [1.54, 1.807) is 0 Å². The molecular formula is C29H42N2O7. The molecule has 6 atom stereocenters. The van der Waals surface area contributed by atoms with Gasteiger partial charge >= 0.3 is 5.97 Å². The van der Waals surface area contributed by atoms with Crippen LogP contribution in [0.2, 0.25) is 0 Å². The molecule has 1 heterocycles. The van der Waals surface area contributed by atoms with Gasteiger partial charge in [0.1, 0.15) is 24.3 Å². The van der Waals surface area contributed by atoms with Crippen LogP contribution in [0.1, 0.15) is 64.9 Å². The van der Waals surface area contributed by atoms with Crippen LogP contribution in [-0.2, 0) is 25.5 Å². The van der Waals surface area contributed by atoms with Gasteiger partial charge in [-0.25, -0.2) is 4.79 Å². The van der Waals surface area contributed by atoms with E-state index in [1.807, 2.05) is 0 Å². The third-order valence-electron chi connectivity index (χ3n) is 7.83. The van der Waals surface area contributed by atoms with Gasteiger partial charge in [-0.2, -0.15) is 0 Å². The predicted molar refractivity (Wildman–Crippen MR) is 142 cm³/mol. The number of hydrogen-bond acceptors (Lipinski definition) is 7. The van der Waals surface area contributed by atoms with Crippen LogP contribution in [0, 0.1) is 17.8 Å². The summed E-state index contributed by atoms with van der Waals surface area (Å²) in [5, 5.41) is 32.1. The van der Waals surface area contributed by atoms with Gasteiger partial charge < -0.3 is 30.3 Å². The summed E-state index contributed by atoms with van der Waals surface area (Å²) in [5.74, 6) is -1.05. The molecule has 3 rings (SSSR count). The zero-order valence-electron chi connectivity index (χ0n) is 22.6. The number of phenolic OH excluding ortho intramolecular Hbond substituents is 2. The fraction of sp³-hybridized carbons (Fsp3) is 0.621. The molecule has 2 amide bonds. The van der Waals surface area contributed by atoms with Gasteiger partial charge in [0, 0.05) is 13.0 Å². The van der Waals surface area contributed by atoms with E-state index in [0.29, 0.717) is 42.7 Å². The first-order chi connectivity index (χ1) is 18.0. The summed E-state index contributed by atoms with van der Waals surface area (Å²) in [6, 6.07) is 2.31. The maximum atomic E-state index is 13.5. The number of nitrogens with zero attached hydrogens (tertiary/aromatic N) is 1. The van der Waals surface area contributed by atoms with Crippen molar-refractivity contribution in [2.24, 2.45) is 17.8 Å². The van der Waals surface area contributed by atoms with Crippen LogP contribution in [0.3, 0.4) is 0 Å². The van der Waals surface area contributed by atoms with Crippen LogP contribution < -0.4 is 5.32 Å². The summed E-state index contributed by atoms with van der Waals surface area (Å²) in [4.78, 5) is 41.0. The lowest BCUT2D eigenvalue weighted by Gasteiger charge is -2.38. The van der Waals surface area contributed by atoms with Crippen LogP contribution in [0.15, 0.2) is 30.9 Å². The Morgan fingerprint density at radius 3 is 2.58 bits per heavy atom. The van der Waals surface area contributed by atoms with Gasteiger partial charge in [0.15, 0.2) is 11.5 Å². The number of likely N-dealkylation sites (tertiary alicyclic amines) is 1. The van der Waals surface area contributed by atoms with Crippen molar-refractivity contribution in [3.05, 3.63) is 36.4 Å². The number of nitrogens with one attached hydrogen (secondary N) is 1. The zero-order chi connectivity index (χ0) is 28.0. The Bertz CT molecular complexity index is 1010. The Morgan fingerprint density at radius 1 is 1.18 bits per heavy atom. The number of carbonyl (C=O) groups excluding carboxylic acids is 3. The highest BCUT2D eigenvalue weighted by atomic mass is 16.5. The van der Waals surface area contributed by atoms with Gasteiger partial charge in [0.2, 0.25) is 11.8 Å². The molecule has 210 valence electrons. The minimum Gasteiger partial charge on any atom is -0.504 e. The van der Waals surface area contributed by atoms with Crippen molar-refractivity contribution in [1.82, 2.24) is 10.2 Å². The molecule has 1 aliphatic carbocycles. The number of phenols is 2. The maximum absolute atomic E-state index is 13.5. The Labute approximate surface area is 224 Å². The van der Waals surface area contributed by atoms with Crippen LogP contribution in [-0.4, -0.2) is 68.8 Å². The quantitative estimate of drug-likeness (QED) is 0.207. The number of amides is 2. The largest absolute Gasteiger partial charge is 0.504 e. The Morgan fingerprint density at radius 2 is 1.92 bits per heavy atom. The molecule has 2 aliphatic rings. The number of aliphatic hydroxyl groups is 1. The van der Waals surface area contributed by atoms with Crippen LogP contribution >= 0.6 is 0 Å². The lowest BCUT2D eigenvalue weighted by molar-refractivity contribution is -0.164. The van der Waals surface area contributed by atoms with E-state index >= 15 is 0 Å². The molecule has 1 saturated carbocycles. The minimum atomic E-state index is -1.49. The van der Waals surface area contributed by atoms with Crippen LogP contribution in [0.25, 0.3) is 0 Å². The van der Waals surface area contributed by atoms with E-state index in [1.165, 1.54) is 29.2 Å². The Balaban J connectivity index is 1.65. The number of aliphatic hydroxyl groups excluding tert-OH is 1. The van der Waals surface area contributed by atoms with Crippen molar-refractivity contribution in [2.45, 2.75) is 90.0 Å². The second-order valence-corrected chi connectivity index (χ2v) is 11.1. The highest BCUT2D eigenvalue weighted by molar-refractivity contribution is 5.92. The monoisotopic (exact) mass is 530 g/mol. The highest BCUT2D eigenvalue weighted by Gasteiger charge is 2.41. The van der Waals surface area contributed by atoms with Crippen LogP contribution in [0.5, 0.6) is 11.5 Å². The van der Waals surface area contributed by atoms with Gasteiger partial charge in [0.25, 0.3) is 0 Å². The lowest BCUT2D eigenvalue weighted by Crippen LogP contribution is -2.54. The first-order valence-electron chi connectivity index (χ1n) is 13.6. The minimum absolute atomic E-state index is 0.121. The summed E-state index contributed by atoms with van der Waals surface area (Å²) < 4.78 is 6.02. The third kappa shape index (κ3) is 7.28. The number of aromatic hydroxyl groups is 2. The van der Waals surface area contributed by atoms with E-state index in [4.69, 9.17) is 4.74 Å². The standard InChI is InChI=1S/C29H42N2O7/c1-5-7-21(30-27(35)25(34)16-19-10-12-23(32)24(33)15-19)28(36)31-13-6-8-22(31)29(37)38-26-14-18(4)9-11-20(26)17(2)3/h5,10,12,15,17-18,20-22,25-26,32-34H,1,6-9,11,13-14,16H2,2-4H3,(H,30,35)/t18-,20+,21?,22?,25?,26-/m1/s1. The first-order valence-corrected chi connectivity index (χ1v) is 13.6. The number of carbonyl (C=O) groups is 3. The normalized spacial score (nSPS) is 25.0. The molecule has 2 fully saturated rings. The molecule has 3 unspecified atom stereocenters. The predicted octanol–water partition coefficient (Wildman–Crippen LogP) is 3.06. The lowest BCUT2D eigenvalue weighted by atomic mass is 9.75. The van der Waals surface area contributed by atoms with Crippen LogP contribution in [0.4, 0.5) is 0 Å². The first kappa shape index (κ1) is 29.5. The summed E-state index contributed by atoms with van der Waals surface area (Å²) in [7, 11) is 0. The molecule has 0 spiro atoms. The van der Waals surface area contributed by atoms with Crippen molar-refractivity contribution >= 4 is 17.8 Å². The van der Waals surface area contributed by atoms with Crippen molar-refractivity contribution < 1.29 is 34.4 Å². The van der Waals surface area contributed by atoms with Crippen molar-refractivity contribution in [3.63, 3.8) is 0 Å². The molecule has 0 radical (unpaired) electrons. The van der Waals surface area contributed by atoms with Gasteiger partial charge in [-0.05, 0) is 67.6 Å². The molecule has 0 aromatic heterocycles. The number of ether oxygens (including phenoxy) is 1. The summed E-state index contributed by atoms with van der Waals surface area (Å²) in [5.41, 5.74) is 0.439. The van der Waals surface area contributed by atoms with Gasteiger partial charge in [-0.1, -0.05) is 39.3 Å². The molecule has 1 aromatic carbocycles. The molecule has 38 heavy (non-hydrogen) atoms. The average Bonchev–Trinajstić information content (AvgIpc) is 3.35. The maximum Gasteiger partial charge on any atom is 0.329 e. The van der Waals surface area contributed by atoms with E-state index in [2.05, 4.69) is 32.7 Å². The van der Waals surface area contributed by atoms with Gasteiger partial charge in [-0.3, -0.25) is 9.59 Å². The van der Waals surface area contributed by atoms with Crippen molar-refractivity contribution in [1.29, 1.82) is 0 Å². The fourth-order valence-corrected chi connectivity index (χ4v) is 5.62. The number of rotatable bonds is 10. The molecule has 9 nitrogen and oxygen atoms in total. The number of esters is 1. The van der Waals surface area contributed by atoms with Gasteiger partial charge in [0.05, 0.1) is 0 Å². The number of hydrogen-bond donors (Lipinski definition) is 4. The summed E-state index contributed by atoms with van der Waals surface area (Å²) in [6.45, 7) is 10.5. The van der Waals surface area contributed by atoms with Gasteiger partial charge in [-0.15, -0.1) is 6.58 Å². The second-order valence-electron chi connectivity index (χ2n) is 11.1. The van der Waals surface area contributed by atoms with E-state index in [9.17, 15) is 29.7 Å². The molecule has 1 saturated heterocycles. The van der Waals surface area contributed by atoms with E-state index in [-0.39, 0.29) is 30.4 Å². The highest BCUT2D eigenvalue weighted by Crippen LogP contribution is 2.36. The zero-order valence-corrected chi connectivity index (χ0v) is 22.6. The third-order valence-corrected chi connectivity index (χ3v) is 7.83. The smallest absolute Gasteiger partial charge is 0.329 e. The van der Waals surface area contributed by atoms with E-state index in [0.717, 1.165) is 19.3 Å². The SMILES string of the molecule is C=CCC(NC(=O)C(O)Cc1ccc(O)c(O)c1)C(=O)N1CCCC1C(=O)O[C@@H]1C[C@H](C)CC[C@H]1C(C)C. The van der Waals surface area contributed by atoms with Crippen molar-refractivity contribution in [2.75, 3.05) is 6.54 Å². The molecule has 0 bridgehead atoms. The fourth-order valence-electron chi connectivity index (χ4n) is 5.62. The molecule has 4 N–H and O–H groups in total. The van der Waals surface area contributed by atoms with Crippen molar-refractivity contribution in [3.8, 4) is 11.5 Å². The average molecular weight is 531 g/mol. The molecule has 1 aliphatic heterocycles. The van der Waals surface area contributed by atoms with E-state index < -0.39 is 36.0 Å². The number of benzene rings is 1. The summed E-state index contributed by atoms with van der Waals surface area (Å²) in [6.07, 6.45) is 3.98. The summed E-state index contributed by atoms with van der Waals surface area (Å²) >= 11 is 0. The molecular weight excluding hydrogens is 488 g/mol. The molecule has 9 heteroatoms. The molecule has 1 aromatic rings.